The highest BCUT2D eigenvalue weighted by atomic mass is 32.2. The molecule has 8 heteroatoms. The van der Waals surface area contributed by atoms with Crippen LogP contribution in [0.2, 0.25) is 0 Å². The van der Waals surface area contributed by atoms with Crippen LogP contribution in [-0.2, 0) is 14.8 Å². The van der Waals surface area contributed by atoms with Crippen molar-refractivity contribution in [1.82, 2.24) is 9.62 Å². The lowest BCUT2D eigenvalue weighted by molar-refractivity contribution is -0.126. The van der Waals surface area contributed by atoms with Crippen LogP contribution < -0.4 is 14.8 Å². The van der Waals surface area contributed by atoms with Crippen molar-refractivity contribution in [3.05, 3.63) is 18.2 Å². The topological polar surface area (TPSA) is 84.9 Å². The summed E-state index contributed by atoms with van der Waals surface area (Å²) < 4.78 is 38.2. The van der Waals surface area contributed by atoms with Gasteiger partial charge < -0.3 is 14.8 Å². The van der Waals surface area contributed by atoms with Crippen LogP contribution in [0.3, 0.4) is 0 Å². The van der Waals surface area contributed by atoms with Crippen molar-refractivity contribution in [2.75, 3.05) is 26.3 Å². The zero-order chi connectivity index (χ0) is 18.7. The summed E-state index contributed by atoms with van der Waals surface area (Å²) in [6.07, 6.45) is 1.95. The normalized spacial score (nSPS) is 19.8. The standard InChI is InChI=1S/C18H26N2O5S/c1-3-13(2)19-18(21)14-6-8-20(9-7-14)26(22,23)15-4-5-16-17(12-15)25-11-10-24-16/h4-5,12-14H,3,6-11H2,1-2H3,(H,19,21). The van der Waals surface area contributed by atoms with Gasteiger partial charge in [-0.3, -0.25) is 4.79 Å². The zero-order valence-corrected chi connectivity index (χ0v) is 16.0. The van der Waals surface area contributed by atoms with E-state index in [4.69, 9.17) is 9.47 Å². The minimum Gasteiger partial charge on any atom is -0.486 e. The number of hydrogen-bond acceptors (Lipinski definition) is 5. The predicted octanol–water partition coefficient (Wildman–Crippen LogP) is 1.77. The average molecular weight is 382 g/mol. The second-order valence-electron chi connectivity index (χ2n) is 6.80. The maximum absolute atomic E-state index is 12.9. The van der Waals surface area contributed by atoms with Crippen LogP contribution in [0.25, 0.3) is 0 Å². The first-order valence-electron chi connectivity index (χ1n) is 9.12. The largest absolute Gasteiger partial charge is 0.486 e. The molecule has 0 bridgehead atoms. The molecule has 0 spiro atoms. The number of fused-ring (bicyclic) bond motifs is 1. The van der Waals surface area contributed by atoms with Gasteiger partial charge in [-0.1, -0.05) is 6.92 Å². The molecule has 2 aliphatic heterocycles. The summed E-state index contributed by atoms with van der Waals surface area (Å²) in [5, 5.41) is 2.98. The Labute approximate surface area is 154 Å². The number of carbonyl (C=O) groups is 1. The molecule has 0 aromatic heterocycles. The monoisotopic (exact) mass is 382 g/mol. The highest BCUT2D eigenvalue weighted by molar-refractivity contribution is 7.89. The molecular formula is C18H26N2O5S. The van der Waals surface area contributed by atoms with Crippen LogP contribution in [-0.4, -0.2) is 51.0 Å². The highest BCUT2D eigenvalue weighted by Gasteiger charge is 2.33. The maximum Gasteiger partial charge on any atom is 0.243 e. The minimum absolute atomic E-state index is 0.0238. The number of carbonyl (C=O) groups excluding carboxylic acids is 1. The summed E-state index contributed by atoms with van der Waals surface area (Å²) in [5.41, 5.74) is 0. The fourth-order valence-corrected chi connectivity index (χ4v) is 4.64. The van der Waals surface area contributed by atoms with Gasteiger partial charge in [0.1, 0.15) is 13.2 Å². The highest BCUT2D eigenvalue weighted by Crippen LogP contribution is 2.34. The van der Waals surface area contributed by atoms with E-state index in [1.807, 2.05) is 13.8 Å². The number of rotatable bonds is 5. The Balaban J connectivity index is 1.66. The fraction of sp³-hybridized carbons (Fsp3) is 0.611. The third-order valence-electron chi connectivity index (χ3n) is 4.98. The van der Waals surface area contributed by atoms with E-state index in [0.29, 0.717) is 50.6 Å². The minimum atomic E-state index is -3.61. The molecule has 1 amide bonds. The third kappa shape index (κ3) is 3.96. The lowest BCUT2D eigenvalue weighted by Gasteiger charge is -2.31. The first-order chi connectivity index (χ1) is 12.4. The quantitative estimate of drug-likeness (QED) is 0.839. The number of piperidine rings is 1. The van der Waals surface area contributed by atoms with E-state index in [1.165, 1.54) is 10.4 Å². The van der Waals surface area contributed by atoms with Crippen molar-refractivity contribution in [2.45, 2.75) is 44.0 Å². The van der Waals surface area contributed by atoms with Gasteiger partial charge in [0.15, 0.2) is 11.5 Å². The second-order valence-corrected chi connectivity index (χ2v) is 8.74. The first-order valence-corrected chi connectivity index (χ1v) is 10.6. The number of amides is 1. The Hall–Kier alpha value is -1.80. The van der Waals surface area contributed by atoms with Crippen molar-refractivity contribution in [1.29, 1.82) is 0 Å². The molecule has 144 valence electrons. The molecule has 1 aromatic carbocycles. The maximum atomic E-state index is 12.9. The van der Waals surface area contributed by atoms with E-state index in [1.54, 1.807) is 12.1 Å². The molecule has 1 atom stereocenters. The molecule has 26 heavy (non-hydrogen) atoms. The molecule has 0 saturated carbocycles. The molecule has 1 fully saturated rings. The van der Waals surface area contributed by atoms with Crippen LogP contribution in [0.4, 0.5) is 0 Å². The van der Waals surface area contributed by atoms with Gasteiger partial charge >= 0.3 is 0 Å². The van der Waals surface area contributed by atoms with E-state index >= 15 is 0 Å². The third-order valence-corrected chi connectivity index (χ3v) is 6.87. The molecule has 1 N–H and O–H groups in total. The molecule has 1 saturated heterocycles. The van der Waals surface area contributed by atoms with E-state index in [9.17, 15) is 13.2 Å². The molecule has 7 nitrogen and oxygen atoms in total. The van der Waals surface area contributed by atoms with Crippen LogP contribution in [0.5, 0.6) is 11.5 Å². The van der Waals surface area contributed by atoms with Crippen LogP contribution in [0.15, 0.2) is 23.1 Å². The summed E-state index contributed by atoms with van der Waals surface area (Å²) in [4.78, 5) is 12.4. The van der Waals surface area contributed by atoms with Crippen LogP contribution >= 0.6 is 0 Å². The van der Waals surface area contributed by atoms with Crippen LogP contribution in [0, 0.1) is 5.92 Å². The number of hydrogen-bond donors (Lipinski definition) is 1. The van der Waals surface area contributed by atoms with Gasteiger partial charge in [-0.15, -0.1) is 0 Å². The molecule has 0 radical (unpaired) electrons. The number of nitrogens with zero attached hydrogens (tertiary/aromatic N) is 1. The summed E-state index contributed by atoms with van der Waals surface area (Å²) in [6, 6.07) is 4.84. The Morgan fingerprint density at radius 2 is 1.88 bits per heavy atom. The molecule has 3 rings (SSSR count). The zero-order valence-electron chi connectivity index (χ0n) is 15.2. The SMILES string of the molecule is CCC(C)NC(=O)C1CCN(S(=O)(=O)c2ccc3c(c2)OCCO3)CC1. The molecule has 2 heterocycles. The Morgan fingerprint density at radius 3 is 2.54 bits per heavy atom. The number of sulfonamides is 1. The van der Waals surface area contributed by atoms with Gasteiger partial charge in [0.2, 0.25) is 15.9 Å². The molecule has 2 aliphatic rings. The van der Waals surface area contributed by atoms with Gasteiger partial charge in [-0.05, 0) is 38.3 Å². The van der Waals surface area contributed by atoms with E-state index in [2.05, 4.69) is 5.32 Å². The number of ether oxygens (including phenoxy) is 2. The van der Waals surface area contributed by atoms with E-state index in [-0.39, 0.29) is 22.8 Å². The van der Waals surface area contributed by atoms with Gasteiger partial charge in [0.05, 0.1) is 4.90 Å². The summed E-state index contributed by atoms with van der Waals surface area (Å²) in [5.74, 6) is 0.919. The molecule has 0 aliphatic carbocycles. The van der Waals surface area contributed by atoms with Gasteiger partial charge in [0.25, 0.3) is 0 Å². The van der Waals surface area contributed by atoms with Crippen molar-refractivity contribution < 1.29 is 22.7 Å². The van der Waals surface area contributed by atoms with Crippen molar-refractivity contribution >= 4 is 15.9 Å². The van der Waals surface area contributed by atoms with Gasteiger partial charge in [0, 0.05) is 31.1 Å². The van der Waals surface area contributed by atoms with Gasteiger partial charge in [-0.25, -0.2) is 8.42 Å². The molecular weight excluding hydrogens is 356 g/mol. The predicted molar refractivity (Wildman–Crippen MR) is 96.8 cm³/mol. The molecule has 1 unspecified atom stereocenters. The summed E-state index contributed by atoms with van der Waals surface area (Å²) in [6.45, 7) is 5.55. The summed E-state index contributed by atoms with van der Waals surface area (Å²) in [7, 11) is -3.61. The Bertz CT molecular complexity index is 757. The Morgan fingerprint density at radius 1 is 1.23 bits per heavy atom. The van der Waals surface area contributed by atoms with Crippen LogP contribution in [0.1, 0.15) is 33.1 Å². The van der Waals surface area contributed by atoms with E-state index < -0.39 is 10.0 Å². The lowest BCUT2D eigenvalue weighted by Crippen LogP contribution is -2.44. The first kappa shape index (κ1) is 19.0. The fourth-order valence-electron chi connectivity index (χ4n) is 3.15. The van der Waals surface area contributed by atoms with Crippen molar-refractivity contribution in [2.24, 2.45) is 5.92 Å². The number of benzene rings is 1. The van der Waals surface area contributed by atoms with E-state index in [0.717, 1.165) is 6.42 Å². The van der Waals surface area contributed by atoms with Crippen molar-refractivity contribution in [3.8, 4) is 11.5 Å². The second kappa shape index (κ2) is 7.84. The Kier molecular flexibility index (Phi) is 5.72. The lowest BCUT2D eigenvalue weighted by atomic mass is 9.97. The number of nitrogens with one attached hydrogen (secondary N) is 1. The summed E-state index contributed by atoms with van der Waals surface area (Å²) >= 11 is 0. The smallest absolute Gasteiger partial charge is 0.243 e. The van der Waals surface area contributed by atoms with Gasteiger partial charge in [-0.2, -0.15) is 4.31 Å². The average Bonchev–Trinajstić information content (AvgIpc) is 2.67. The molecule has 1 aromatic rings. The van der Waals surface area contributed by atoms with Crippen molar-refractivity contribution in [3.63, 3.8) is 0 Å².